The zero-order chi connectivity index (χ0) is 19.1. The molecule has 1 heterocycles. The minimum Gasteiger partial charge on any atom is -0.322 e. The maximum absolute atomic E-state index is 12.8. The minimum absolute atomic E-state index is 0.0356. The van der Waals surface area contributed by atoms with Crippen LogP contribution in [0, 0.1) is 6.92 Å². The number of anilines is 1. The number of halogens is 1. The number of sulfonamides is 1. The number of aryl methyl sites for hydroxylation is 1. The summed E-state index contributed by atoms with van der Waals surface area (Å²) < 4.78 is 28.1. The summed E-state index contributed by atoms with van der Waals surface area (Å²) in [6.45, 7) is 3.07. The van der Waals surface area contributed by atoms with E-state index >= 15 is 0 Å². The number of carbonyl (C=O) groups is 1. The van der Waals surface area contributed by atoms with Gasteiger partial charge >= 0.3 is 0 Å². The van der Waals surface area contributed by atoms with Crippen LogP contribution in [0.2, 0.25) is 5.02 Å². The zero-order valence-corrected chi connectivity index (χ0v) is 15.5. The number of ketones is 1. The Bertz CT molecular complexity index is 1200. The molecule has 0 amide bonds. The van der Waals surface area contributed by atoms with Crippen molar-refractivity contribution in [3.05, 3.63) is 69.0 Å². The van der Waals surface area contributed by atoms with Gasteiger partial charge in [-0.3, -0.25) is 14.3 Å². The molecule has 2 aromatic carbocycles. The number of benzene rings is 2. The first-order valence-corrected chi connectivity index (χ1v) is 9.51. The van der Waals surface area contributed by atoms with Gasteiger partial charge in [-0.15, -0.1) is 0 Å². The minimum atomic E-state index is -4.04. The van der Waals surface area contributed by atoms with Crippen molar-refractivity contribution < 1.29 is 13.2 Å². The number of para-hydroxylation sites is 1. The molecule has 2 N–H and O–H groups in total. The van der Waals surface area contributed by atoms with E-state index in [4.69, 9.17) is 11.6 Å². The Morgan fingerprint density at radius 2 is 1.85 bits per heavy atom. The number of fused-ring (bicyclic) bond motifs is 1. The molecule has 8 heteroatoms. The molecule has 0 saturated carbocycles. The number of pyridine rings is 1. The van der Waals surface area contributed by atoms with Crippen LogP contribution in [-0.4, -0.2) is 19.2 Å². The van der Waals surface area contributed by atoms with Gasteiger partial charge in [-0.05, 0) is 43.7 Å². The fraction of sp³-hybridized carbons (Fsp3) is 0.111. The highest BCUT2D eigenvalue weighted by Crippen LogP contribution is 2.30. The Morgan fingerprint density at radius 1 is 1.15 bits per heavy atom. The second-order valence-corrected chi connectivity index (χ2v) is 7.91. The molecule has 0 radical (unpaired) electrons. The Labute approximate surface area is 154 Å². The number of nitrogens with one attached hydrogen (secondary N) is 2. The van der Waals surface area contributed by atoms with Crippen molar-refractivity contribution in [3.8, 4) is 0 Å². The monoisotopic (exact) mass is 390 g/mol. The highest BCUT2D eigenvalue weighted by atomic mass is 35.5. The smallest absolute Gasteiger partial charge is 0.263 e. The zero-order valence-electron chi connectivity index (χ0n) is 14.0. The molecule has 0 saturated heterocycles. The molecule has 0 aliphatic carbocycles. The van der Waals surface area contributed by atoms with Crippen LogP contribution >= 0.6 is 11.6 Å². The van der Waals surface area contributed by atoms with E-state index in [0.717, 1.165) is 0 Å². The third-order valence-corrected chi connectivity index (χ3v) is 5.77. The van der Waals surface area contributed by atoms with Crippen LogP contribution in [0.4, 0.5) is 5.69 Å². The summed E-state index contributed by atoms with van der Waals surface area (Å²) in [5.74, 6) is -0.263. The number of hydrogen-bond donors (Lipinski definition) is 2. The number of carbonyl (C=O) groups excluding carboxylic acids is 1. The van der Waals surface area contributed by atoms with E-state index in [0.29, 0.717) is 16.5 Å². The van der Waals surface area contributed by atoms with Crippen molar-refractivity contribution in [1.29, 1.82) is 0 Å². The molecule has 0 unspecified atom stereocenters. The van der Waals surface area contributed by atoms with Gasteiger partial charge in [0.15, 0.2) is 5.78 Å². The van der Waals surface area contributed by atoms with E-state index in [9.17, 15) is 18.0 Å². The Morgan fingerprint density at radius 3 is 2.54 bits per heavy atom. The molecule has 0 spiro atoms. The van der Waals surface area contributed by atoms with Gasteiger partial charge in [-0.25, -0.2) is 8.42 Å². The van der Waals surface area contributed by atoms with Crippen molar-refractivity contribution in [2.75, 3.05) is 4.72 Å². The van der Waals surface area contributed by atoms with Crippen LogP contribution in [0.1, 0.15) is 22.8 Å². The summed E-state index contributed by atoms with van der Waals surface area (Å²) in [5, 5.41) is 0.529. The fourth-order valence-corrected chi connectivity index (χ4v) is 4.35. The average molecular weight is 391 g/mol. The van der Waals surface area contributed by atoms with Crippen LogP contribution in [0.25, 0.3) is 10.9 Å². The van der Waals surface area contributed by atoms with Gasteiger partial charge in [0.05, 0.1) is 16.2 Å². The Hall–Kier alpha value is -2.64. The van der Waals surface area contributed by atoms with Crippen LogP contribution in [0.15, 0.2) is 52.2 Å². The molecule has 0 fully saturated rings. The average Bonchev–Trinajstić information content (AvgIpc) is 2.53. The predicted octanol–water partition coefficient (Wildman–Crippen LogP) is 3.49. The van der Waals surface area contributed by atoms with E-state index in [1.807, 2.05) is 0 Å². The van der Waals surface area contributed by atoms with E-state index in [-0.39, 0.29) is 32.5 Å². The molecule has 0 atom stereocenters. The summed E-state index contributed by atoms with van der Waals surface area (Å²) in [5.41, 5.74) is 1.21. The van der Waals surface area contributed by atoms with Crippen LogP contribution in [-0.2, 0) is 10.0 Å². The first-order valence-electron chi connectivity index (χ1n) is 7.65. The lowest BCUT2D eigenvalue weighted by atomic mass is 10.1. The summed E-state index contributed by atoms with van der Waals surface area (Å²) in [7, 11) is -4.04. The Kier molecular flexibility index (Phi) is 4.60. The van der Waals surface area contributed by atoms with E-state index < -0.39 is 10.0 Å². The second kappa shape index (κ2) is 6.59. The van der Waals surface area contributed by atoms with Crippen molar-refractivity contribution in [1.82, 2.24) is 4.98 Å². The number of hydrogen-bond acceptors (Lipinski definition) is 4. The third kappa shape index (κ3) is 3.36. The van der Waals surface area contributed by atoms with Crippen molar-refractivity contribution in [2.24, 2.45) is 0 Å². The summed E-state index contributed by atoms with van der Waals surface area (Å²) in [6.07, 6.45) is 0. The van der Waals surface area contributed by atoms with Gasteiger partial charge in [0, 0.05) is 17.0 Å². The molecular weight excluding hydrogens is 376 g/mol. The summed E-state index contributed by atoms with van der Waals surface area (Å²) in [6, 6.07) is 10.5. The molecule has 1 aromatic heterocycles. The van der Waals surface area contributed by atoms with E-state index in [1.165, 1.54) is 37.3 Å². The maximum Gasteiger partial charge on any atom is 0.263 e. The largest absolute Gasteiger partial charge is 0.322 e. The molecule has 3 aromatic rings. The van der Waals surface area contributed by atoms with Gasteiger partial charge in [-0.2, -0.15) is 0 Å². The molecule has 134 valence electrons. The van der Waals surface area contributed by atoms with Crippen LogP contribution < -0.4 is 10.3 Å². The van der Waals surface area contributed by atoms with Gasteiger partial charge < -0.3 is 4.98 Å². The second-order valence-electron chi connectivity index (χ2n) is 5.85. The topological polar surface area (TPSA) is 96.1 Å². The molecule has 0 aliphatic heterocycles. The normalized spacial score (nSPS) is 11.5. The molecular formula is C18H15ClN2O4S. The quantitative estimate of drug-likeness (QED) is 0.666. The van der Waals surface area contributed by atoms with E-state index in [2.05, 4.69) is 9.71 Å². The van der Waals surface area contributed by atoms with Crippen LogP contribution in [0.3, 0.4) is 0 Å². The first-order chi connectivity index (χ1) is 12.2. The molecule has 26 heavy (non-hydrogen) atoms. The molecule has 6 nitrogen and oxygen atoms in total. The van der Waals surface area contributed by atoms with Crippen molar-refractivity contribution in [3.63, 3.8) is 0 Å². The number of rotatable bonds is 4. The van der Waals surface area contributed by atoms with Crippen molar-refractivity contribution >= 4 is 44.0 Å². The SMILES string of the molecule is CC(=O)c1ccccc1NS(=O)(=O)c1cc2c(C)cc(=O)[nH]c2cc1Cl. The lowest BCUT2D eigenvalue weighted by molar-refractivity contribution is 0.101. The van der Waals surface area contributed by atoms with Crippen LogP contribution in [0.5, 0.6) is 0 Å². The van der Waals surface area contributed by atoms with Gasteiger partial charge in [0.25, 0.3) is 10.0 Å². The lowest BCUT2D eigenvalue weighted by Crippen LogP contribution is -2.16. The standard InChI is InChI=1S/C18H15ClN2O4S/c1-10-7-18(23)20-16-9-14(19)17(8-13(10)16)26(24,25)21-15-6-4-3-5-12(15)11(2)22/h3-9,21H,1-2H3,(H,20,23). The number of H-pyrrole nitrogens is 1. The molecule has 0 bridgehead atoms. The highest BCUT2D eigenvalue weighted by Gasteiger charge is 2.21. The lowest BCUT2D eigenvalue weighted by Gasteiger charge is -2.13. The van der Waals surface area contributed by atoms with Crippen molar-refractivity contribution in [2.45, 2.75) is 18.7 Å². The summed E-state index contributed by atoms with van der Waals surface area (Å²) in [4.78, 5) is 25.8. The fourth-order valence-electron chi connectivity index (χ4n) is 2.71. The summed E-state index contributed by atoms with van der Waals surface area (Å²) >= 11 is 6.15. The van der Waals surface area contributed by atoms with Gasteiger partial charge in [0.1, 0.15) is 4.90 Å². The molecule has 3 rings (SSSR count). The highest BCUT2D eigenvalue weighted by molar-refractivity contribution is 7.92. The third-order valence-electron chi connectivity index (χ3n) is 3.94. The first kappa shape index (κ1) is 18.2. The number of aromatic nitrogens is 1. The van der Waals surface area contributed by atoms with E-state index in [1.54, 1.807) is 19.1 Å². The van der Waals surface area contributed by atoms with Gasteiger partial charge in [0.2, 0.25) is 5.56 Å². The number of Topliss-reactive ketones (excluding diaryl/α,β-unsaturated/α-hetero) is 1. The van der Waals surface area contributed by atoms with Gasteiger partial charge in [-0.1, -0.05) is 23.7 Å². The molecule has 0 aliphatic rings. The number of aromatic amines is 1. The maximum atomic E-state index is 12.8. The predicted molar refractivity (Wildman–Crippen MR) is 102 cm³/mol. The Balaban J connectivity index is 2.15.